The van der Waals surface area contributed by atoms with Crippen molar-refractivity contribution in [1.82, 2.24) is 0 Å². The molecule has 0 saturated carbocycles. The second-order valence-corrected chi connectivity index (χ2v) is 7.51. The first kappa shape index (κ1) is 22.5. The van der Waals surface area contributed by atoms with Gasteiger partial charge in [-0.25, -0.2) is 4.79 Å². The van der Waals surface area contributed by atoms with E-state index in [2.05, 4.69) is 0 Å². The predicted molar refractivity (Wildman–Crippen MR) is 130 cm³/mol. The molecule has 0 amide bonds. The van der Waals surface area contributed by atoms with Crippen LogP contribution in [0.5, 0.6) is 11.5 Å². The highest BCUT2D eigenvalue weighted by Crippen LogP contribution is 2.25. The summed E-state index contributed by atoms with van der Waals surface area (Å²) in [6.45, 7) is 0.415. The van der Waals surface area contributed by atoms with Crippen molar-refractivity contribution in [2.45, 2.75) is 6.61 Å². The summed E-state index contributed by atoms with van der Waals surface area (Å²) in [5.74, 6) is -0.436. The Morgan fingerprint density at radius 2 is 1.35 bits per heavy atom. The Hall–Kier alpha value is -4.71. The fourth-order valence-corrected chi connectivity index (χ4v) is 3.30. The first-order valence-electron chi connectivity index (χ1n) is 10.6. The van der Waals surface area contributed by atoms with Crippen molar-refractivity contribution in [2.75, 3.05) is 0 Å². The number of amidine groups is 1. The summed E-state index contributed by atoms with van der Waals surface area (Å²) in [7, 11) is 0. The van der Waals surface area contributed by atoms with E-state index >= 15 is 0 Å². The van der Waals surface area contributed by atoms with Crippen LogP contribution >= 0.6 is 0 Å². The standard InChI is InChI=1S/C28H22N2O4/c29-27(30)22-13-16-25(24(17-22)26(31)20-9-5-2-6-10-20)34-28(32)21-11-14-23(15-12-21)33-18-19-7-3-1-4-8-19/h1-17H,18H2,(H3,29,30). The van der Waals surface area contributed by atoms with Crippen LogP contribution in [0.25, 0.3) is 0 Å². The van der Waals surface area contributed by atoms with Gasteiger partial charge in [0.1, 0.15) is 23.9 Å². The molecule has 0 spiro atoms. The smallest absolute Gasteiger partial charge is 0.343 e. The Balaban J connectivity index is 1.52. The van der Waals surface area contributed by atoms with Crippen LogP contribution in [0.15, 0.2) is 103 Å². The van der Waals surface area contributed by atoms with Gasteiger partial charge in [0, 0.05) is 11.1 Å². The molecule has 6 nitrogen and oxygen atoms in total. The van der Waals surface area contributed by atoms with Crippen LogP contribution < -0.4 is 15.2 Å². The fraction of sp³-hybridized carbons (Fsp3) is 0.0357. The van der Waals surface area contributed by atoms with E-state index in [-0.39, 0.29) is 22.9 Å². The van der Waals surface area contributed by atoms with Crippen molar-refractivity contribution in [1.29, 1.82) is 5.41 Å². The number of benzene rings is 4. The van der Waals surface area contributed by atoms with E-state index in [0.29, 0.717) is 29.0 Å². The summed E-state index contributed by atoms with van der Waals surface area (Å²) in [6, 6.07) is 29.4. The highest BCUT2D eigenvalue weighted by atomic mass is 16.5. The third-order valence-electron chi connectivity index (χ3n) is 5.11. The molecule has 0 saturated heterocycles. The summed E-state index contributed by atoms with van der Waals surface area (Å²) >= 11 is 0. The van der Waals surface area contributed by atoms with E-state index in [4.69, 9.17) is 20.6 Å². The van der Waals surface area contributed by atoms with Gasteiger partial charge in [0.05, 0.1) is 11.1 Å². The SMILES string of the molecule is N=C(N)c1ccc(OC(=O)c2ccc(OCc3ccccc3)cc2)c(C(=O)c2ccccc2)c1. The lowest BCUT2D eigenvalue weighted by molar-refractivity contribution is 0.0733. The molecule has 4 rings (SSSR count). The van der Waals surface area contributed by atoms with Gasteiger partial charge in [-0.2, -0.15) is 0 Å². The van der Waals surface area contributed by atoms with Gasteiger partial charge >= 0.3 is 5.97 Å². The lowest BCUT2D eigenvalue weighted by Gasteiger charge is -2.12. The normalized spacial score (nSPS) is 10.4. The monoisotopic (exact) mass is 450 g/mol. The number of hydrogen-bond donors (Lipinski definition) is 2. The Morgan fingerprint density at radius 1 is 0.735 bits per heavy atom. The number of rotatable bonds is 8. The van der Waals surface area contributed by atoms with Gasteiger partial charge in [0.25, 0.3) is 0 Å². The number of ketones is 1. The van der Waals surface area contributed by atoms with E-state index in [9.17, 15) is 9.59 Å². The molecule has 4 aromatic carbocycles. The van der Waals surface area contributed by atoms with E-state index in [1.807, 2.05) is 30.3 Å². The number of nitrogen functional groups attached to an aromatic ring is 1. The van der Waals surface area contributed by atoms with E-state index in [0.717, 1.165) is 5.56 Å². The van der Waals surface area contributed by atoms with Crippen molar-refractivity contribution < 1.29 is 19.1 Å². The molecule has 0 aromatic heterocycles. The van der Waals surface area contributed by atoms with E-state index in [1.165, 1.54) is 18.2 Å². The molecule has 34 heavy (non-hydrogen) atoms. The molecule has 0 unspecified atom stereocenters. The third-order valence-corrected chi connectivity index (χ3v) is 5.11. The number of ether oxygens (including phenoxy) is 2. The molecule has 0 heterocycles. The molecule has 0 atom stereocenters. The first-order valence-corrected chi connectivity index (χ1v) is 10.6. The van der Waals surface area contributed by atoms with Gasteiger partial charge in [0.15, 0.2) is 5.78 Å². The van der Waals surface area contributed by atoms with Crippen LogP contribution in [0.3, 0.4) is 0 Å². The number of carbonyl (C=O) groups excluding carboxylic acids is 2. The molecule has 6 heteroatoms. The van der Waals surface area contributed by atoms with Crippen LogP contribution in [-0.2, 0) is 6.61 Å². The molecule has 168 valence electrons. The molecule has 0 bridgehead atoms. The molecule has 4 aromatic rings. The second-order valence-electron chi connectivity index (χ2n) is 7.51. The Labute approximate surface area is 197 Å². The maximum absolute atomic E-state index is 13.1. The van der Waals surface area contributed by atoms with Gasteiger partial charge in [0.2, 0.25) is 0 Å². The molecule has 0 aliphatic heterocycles. The van der Waals surface area contributed by atoms with E-state index < -0.39 is 5.97 Å². The van der Waals surface area contributed by atoms with Gasteiger partial charge in [-0.05, 0) is 48.0 Å². The van der Waals surface area contributed by atoms with Crippen LogP contribution in [0.1, 0.15) is 37.4 Å². The summed E-state index contributed by atoms with van der Waals surface area (Å²) < 4.78 is 11.3. The first-order chi connectivity index (χ1) is 16.5. The number of hydrogen-bond acceptors (Lipinski definition) is 5. The van der Waals surface area contributed by atoms with Gasteiger partial charge in [-0.15, -0.1) is 0 Å². The minimum absolute atomic E-state index is 0.0910. The maximum Gasteiger partial charge on any atom is 0.343 e. The highest BCUT2D eigenvalue weighted by Gasteiger charge is 2.19. The maximum atomic E-state index is 13.1. The number of nitrogens with two attached hydrogens (primary N) is 1. The molecule has 0 radical (unpaired) electrons. The summed E-state index contributed by atoms with van der Waals surface area (Å²) in [6.07, 6.45) is 0. The van der Waals surface area contributed by atoms with Crippen molar-refractivity contribution >= 4 is 17.6 Å². The minimum Gasteiger partial charge on any atom is -0.489 e. The second kappa shape index (κ2) is 10.3. The van der Waals surface area contributed by atoms with Gasteiger partial charge in [-0.3, -0.25) is 10.2 Å². The summed E-state index contributed by atoms with van der Waals surface area (Å²) in [5.41, 5.74) is 7.88. The van der Waals surface area contributed by atoms with Crippen LogP contribution in [0.4, 0.5) is 0 Å². The Bertz CT molecular complexity index is 1320. The van der Waals surface area contributed by atoms with Gasteiger partial charge < -0.3 is 15.2 Å². The van der Waals surface area contributed by atoms with Crippen LogP contribution in [0.2, 0.25) is 0 Å². The van der Waals surface area contributed by atoms with Crippen molar-refractivity contribution in [3.05, 3.63) is 131 Å². The lowest BCUT2D eigenvalue weighted by Crippen LogP contribution is -2.15. The summed E-state index contributed by atoms with van der Waals surface area (Å²) in [5, 5.41) is 7.68. The minimum atomic E-state index is -0.618. The largest absolute Gasteiger partial charge is 0.489 e. The van der Waals surface area contributed by atoms with Crippen molar-refractivity contribution in [3.63, 3.8) is 0 Å². The van der Waals surface area contributed by atoms with Crippen molar-refractivity contribution in [2.24, 2.45) is 5.73 Å². The number of esters is 1. The van der Waals surface area contributed by atoms with Crippen LogP contribution in [0, 0.1) is 5.41 Å². The average molecular weight is 450 g/mol. The average Bonchev–Trinajstić information content (AvgIpc) is 2.88. The zero-order valence-corrected chi connectivity index (χ0v) is 18.2. The molecule has 0 aliphatic rings. The summed E-state index contributed by atoms with van der Waals surface area (Å²) in [4.78, 5) is 25.9. The van der Waals surface area contributed by atoms with Crippen molar-refractivity contribution in [3.8, 4) is 11.5 Å². The third kappa shape index (κ3) is 5.37. The van der Waals surface area contributed by atoms with E-state index in [1.54, 1.807) is 54.6 Å². The molecule has 0 fully saturated rings. The Morgan fingerprint density at radius 3 is 2.00 bits per heavy atom. The topological polar surface area (TPSA) is 102 Å². The van der Waals surface area contributed by atoms with Crippen LogP contribution in [-0.4, -0.2) is 17.6 Å². The molecular weight excluding hydrogens is 428 g/mol. The Kier molecular flexibility index (Phi) is 6.79. The fourth-order valence-electron chi connectivity index (χ4n) is 3.30. The van der Waals surface area contributed by atoms with Gasteiger partial charge in [-0.1, -0.05) is 60.7 Å². The zero-order chi connectivity index (χ0) is 23.9. The number of nitrogens with one attached hydrogen (secondary N) is 1. The zero-order valence-electron chi connectivity index (χ0n) is 18.2. The molecule has 3 N–H and O–H groups in total. The quantitative estimate of drug-likeness (QED) is 0.129. The lowest BCUT2D eigenvalue weighted by atomic mass is 10.00. The molecular formula is C28H22N2O4. The predicted octanol–water partition coefficient (Wildman–Crippen LogP) is 5.00. The number of carbonyl (C=O) groups is 2. The highest BCUT2D eigenvalue weighted by molar-refractivity contribution is 6.12. The molecule has 0 aliphatic carbocycles.